The van der Waals surface area contributed by atoms with E-state index in [1.165, 1.54) is 4.90 Å². The Morgan fingerprint density at radius 2 is 2.14 bits per heavy atom. The second-order valence-electron chi connectivity index (χ2n) is 5.51. The molecule has 0 bridgehead atoms. The average molecular weight is 318 g/mol. The number of benzene rings is 1. The van der Waals surface area contributed by atoms with E-state index in [4.69, 9.17) is 4.74 Å². The highest BCUT2D eigenvalue weighted by atomic mass is 32.2. The Hall–Kier alpha value is -1.37. The summed E-state index contributed by atoms with van der Waals surface area (Å²) in [7, 11) is 1.75. The van der Waals surface area contributed by atoms with Gasteiger partial charge in [-0.15, -0.1) is 11.8 Å². The summed E-state index contributed by atoms with van der Waals surface area (Å²) in [4.78, 5) is 8.22. The molecule has 0 radical (unpaired) electrons. The third-order valence-electron chi connectivity index (χ3n) is 4.14. The minimum absolute atomic E-state index is 0.444. The maximum absolute atomic E-state index is 5.17. The maximum Gasteiger partial charge on any atom is 0.138 e. The van der Waals surface area contributed by atoms with E-state index in [9.17, 15) is 0 Å². The van der Waals surface area contributed by atoms with E-state index in [0.717, 1.165) is 44.2 Å². The summed E-state index contributed by atoms with van der Waals surface area (Å²) in [5, 5.41) is 4.43. The number of aromatic nitrogens is 3. The number of likely N-dealkylation sites (tertiary alicyclic amines) is 1. The van der Waals surface area contributed by atoms with Crippen LogP contribution in [0.1, 0.15) is 18.2 Å². The lowest BCUT2D eigenvalue weighted by atomic mass is 10.1. The van der Waals surface area contributed by atoms with E-state index >= 15 is 0 Å². The molecular formula is C16H22N4OS. The molecule has 1 fully saturated rings. The normalized spacial score (nSPS) is 18.9. The van der Waals surface area contributed by atoms with Crippen LogP contribution in [0.4, 0.5) is 0 Å². The highest BCUT2D eigenvalue weighted by molar-refractivity contribution is 7.98. The van der Waals surface area contributed by atoms with Crippen molar-refractivity contribution in [3.8, 4) is 5.69 Å². The molecule has 1 aromatic carbocycles. The highest BCUT2D eigenvalue weighted by Crippen LogP contribution is 2.27. The van der Waals surface area contributed by atoms with Gasteiger partial charge in [0.25, 0.3) is 0 Å². The van der Waals surface area contributed by atoms with E-state index in [-0.39, 0.29) is 0 Å². The predicted octanol–water partition coefficient (Wildman–Crippen LogP) is 2.42. The first-order valence-electron chi connectivity index (χ1n) is 7.57. The number of rotatable bonds is 6. The van der Waals surface area contributed by atoms with Crippen LogP contribution in [-0.4, -0.2) is 59.3 Å². The average Bonchev–Trinajstić information content (AvgIpc) is 3.21. The predicted molar refractivity (Wildman–Crippen MR) is 88.8 cm³/mol. The Balaban J connectivity index is 1.74. The molecule has 0 N–H and O–H groups in total. The van der Waals surface area contributed by atoms with Crippen molar-refractivity contribution in [3.63, 3.8) is 0 Å². The molecule has 0 spiro atoms. The Kier molecular flexibility index (Phi) is 5.12. The van der Waals surface area contributed by atoms with Gasteiger partial charge in [0.2, 0.25) is 0 Å². The monoisotopic (exact) mass is 318 g/mol. The standard InChI is InChI=1S/C16H22N4OS/c1-21-10-9-19-8-7-13(11-19)16-17-12-18-20(16)14-3-5-15(22-2)6-4-14/h3-6,12-13H,7-11H2,1-2H3. The number of thioether (sulfide) groups is 1. The van der Waals surface area contributed by atoms with E-state index in [1.54, 1.807) is 25.2 Å². The van der Waals surface area contributed by atoms with Crippen LogP contribution < -0.4 is 0 Å². The van der Waals surface area contributed by atoms with Crippen molar-refractivity contribution < 1.29 is 4.74 Å². The molecule has 0 aliphatic carbocycles. The van der Waals surface area contributed by atoms with Gasteiger partial charge in [0.05, 0.1) is 12.3 Å². The van der Waals surface area contributed by atoms with Gasteiger partial charge in [0.15, 0.2) is 0 Å². The highest BCUT2D eigenvalue weighted by Gasteiger charge is 2.27. The summed E-state index contributed by atoms with van der Waals surface area (Å²) >= 11 is 1.75. The molecule has 1 saturated heterocycles. The molecule has 0 amide bonds. The SMILES string of the molecule is COCCN1CCC(c2ncnn2-c2ccc(SC)cc2)C1. The number of hydrogen-bond acceptors (Lipinski definition) is 5. The van der Waals surface area contributed by atoms with Crippen LogP contribution in [-0.2, 0) is 4.74 Å². The third-order valence-corrected chi connectivity index (χ3v) is 4.88. The smallest absolute Gasteiger partial charge is 0.138 e. The first-order chi connectivity index (χ1) is 10.8. The van der Waals surface area contributed by atoms with Crippen LogP contribution in [0.5, 0.6) is 0 Å². The van der Waals surface area contributed by atoms with Crippen molar-refractivity contribution >= 4 is 11.8 Å². The molecule has 1 atom stereocenters. The Morgan fingerprint density at radius 3 is 2.86 bits per heavy atom. The van der Waals surface area contributed by atoms with E-state index in [0.29, 0.717) is 5.92 Å². The minimum Gasteiger partial charge on any atom is -0.383 e. The molecule has 1 aromatic heterocycles. The maximum atomic E-state index is 5.17. The molecule has 6 heteroatoms. The van der Waals surface area contributed by atoms with Crippen LogP contribution in [0.2, 0.25) is 0 Å². The molecule has 2 heterocycles. The molecule has 5 nitrogen and oxygen atoms in total. The fourth-order valence-electron chi connectivity index (χ4n) is 2.92. The van der Waals surface area contributed by atoms with Crippen molar-refractivity contribution in [3.05, 3.63) is 36.4 Å². The minimum atomic E-state index is 0.444. The summed E-state index contributed by atoms with van der Waals surface area (Å²) in [5.74, 6) is 1.51. The lowest BCUT2D eigenvalue weighted by Gasteiger charge is -2.15. The molecular weight excluding hydrogens is 296 g/mol. The Bertz CT molecular complexity index is 598. The number of methoxy groups -OCH3 is 1. The van der Waals surface area contributed by atoms with Crippen molar-refractivity contribution in [2.75, 3.05) is 39.6 Å². The molecule has 1 aliphatic heterocycles. The van der Waals surface area contributed by atoms with Crippen LogP contribution in [0.3, 0.4) is 0 Å². The quantitative estimate of drug-likeness (QED) is 0.765. The molecule has 0 saturated carbocycles. The molecule has 118 valence electrons. The molecule has 1 aliphatic rings. The summed E-state index contributed by atoms with van der Waals surface area (Å²) in [6.07, 6.45) is 4.88. The molecule has 3 rings (SSSR count). The van der Waals surface area contributed by atoms with Crippen LogP contribution in [0.15, 0.2) is 35.5 Å². The summed E-state index contributed by atoms with van der Waals surface area (Å²) in [5.41, 5.74) is 1.08. The van der Waals surface area contributed by atoms with E-state index in [2.05, 4.69) is 45.5 Å². The van der Waals surface area contributed by atoms with Crippen molar-refractivity contribution in [2.45, 2.75) is 17.2 Å². The van der Waals surface area contributed by atoms with Crippen LogP contribution in [0, 0.1) is 0 Å². The van der Waals surface area contributed by atoms with Gasteiger partial charge in [0.1, 0.15) is 12.2 Å². The lowest BCUT2D eigenvalue weighted by molar-refractivity contribution is 0.160. The van der Waals surface area contributed by atoms with Crippen molar-refractivity contribution in [2.24, 2.45) is 0 Å². The fraction of sp³-hybridized carbons (Fsp3) is 0.500. The first kappa shape index (κ1) is 15.5. The van der Waals surface area contributed by atoms with E-state index in [1.807, 2.05) is 4.68 Å². The van der Waals surface area contributed by atoms with Crippen molar-refractivity contribution in [1.29, 1.82) is 0 Å². The van der Waals surface area contributed by atoms with Gasteiger partial charge in [-0.25, -0.2) is 9.67 Å². The largest absolute Gasteiger partial charge is 0.383 e. The molecule has 22 heavy (non-hydrogen) atoms. The van der Waals surface area contributed by atoms with Gasteiger partial charge >= 0.3 is 0 Å². The van der Waals surface area contributed by atoms with Gasteiger partial charge < -0.3 is 9.64 Å². The molecule has 2 aromatic rings. The third kappa shape index (κ3) is 3.34. The van der Waals surface area contributed by atoms with Gasteiger partial charge in [-0.05, 0) is 43.5 Å². The van der Waals surface area contributed by atoms with Crippen LogP contribution >= 0.6 is 11.8 Å². The Labute approximate surface area is 135 Å². The van der Waals surface area contributed by atoms with Gasteiger partial charge in [0, 0.05) is 31.0 Å². The zero-order valence-electron chi connectivity index (χ0n) is 13.1. The zero-order chi connectivity index (χ0) is 15.4. The zero-order valence-corrected chi connectivity index (χ0v) is 13.9. The van der Waals surface area contributed by atoms with Gasteiger partial charge in [-0.1, -0.05) is 0 Å². The van der Waals surface area contributed by atoms with Crippen LogP contribution in [0.25, 0.3) is 5.69 Å². The lowest BCUT2D eigenvalue weighted by Crippen LogP contribution is -2.25. The topological polar surface area (TPSA) is 43.2 Å². The Morgan fingerprint density at radius 1 is 1.32 bits per heavy atom. The second kappa shape index (κ2) is 7.26. The second-order valence-corrected chi connectivity index (χ2v) is 6.39. The van der Waals surface area contributed by atoms with Crippen molar-refractivity contribution in [1.82, 2.24) is 19.7 Å². The van der Waals surface area contributed by atoms with Gasteiger partial charge in [-0.2, -0.15) is 5.10 Å². The van der Waals surface area contributed by atoms with E-state index < -0.39 is 0 Å². The number of hydrogen-bond donors (Lipinski definition) is 0. The summed E-state index contributed by atoms with van der Waals surface area (Å²) in [6, 6.07) is 8.49. The van der Waals surface area contributed by atoms with Gasteiger partial charge in [-0.3, -0.25) is 0 Å². The number of ether oxygens (including phenoxy) is 1. The summed E-state index contributed by atoms with van der Waals surface area (Å²) < 4.78 is 7.15. The fourth-order valence-corrected chi connectivity index (χ4v) is 3.33. The number of nitrogens with zero attached hydrogens (tertiary/aromatic N) is 4. The first-order valence-corrected chi connectivity index (χ1v) is 8.80. The summed E-state index contributed by atoms with van der Waals surface area (Å²) in [6.45, 7) is 3.91. The molecule has 1 unspecified atom stereocenters.